The van der Waals surface area contributed by atoms with Crippen LogP contribution in [0.15, 0.2) is 121 Å². The van der Waals surface area contributed by atoms with Crippen molar-refractivity contribution in [3.8, 4) is 17.1 Å². The summed E-state index contributed by atoms with van der Waals surface area (Å²) in [7, 11) is 0. The predicted molar refractivity (Wildman–Crippen MR) is 168 cm³/mol. The van der Waals surface area contributed by atoms with Crippen LogP contribution in [-0.2, 0) is 4.79 Å². The van der Waals surface area contributed by atoms with Crippen LogP contribution in [0.3, 0.4) is 0 Å². The predicted octanol–water partition coefficient (Wildman–Crippen LogP) is 6.30. The lowest BCUT2D eigenvalue weighted by molar-refractivity contribution is -0.113. The number of fused-ring (bicyclic) bond motifs is 1. The number of hydrogen-bond donors (Lipinski definition) is 1. The Balaban J connectivity index is 1.44. The summed E-state index contributed by atoms with van der Waals surface area (Å²) in [6, 6.07) is 27.6. The standard InChI is InChI=1S/C33H26BrN3O4S/c1-3-40-25-15-11-22(12-16-25)30-29(31(38)36-24-7-5-4-6-8-24)20(2)35-33-37(30)32(39)28(42-33)19-26-17-18-27(41-26)21-9-13-23(34)14-10-21/h4-19,30H,3H2,1-2H3,(H,36,38)/b28-19-/t30-/m1/s1. The third-order valence-corrected chi connectivity index (χ3v) is 8.35. The van der Waals surface area contributed by atoms with Gasteiger partial charge in [0.25, 0.3) is 11.5 Å². The molecule has 1 N–H and O–H groups in total. The first-order chi connectivity index (χ1) is 20.4. The highest BCUT2D eigenvalue weighted by Crippen LogP contribution is 2.32. The molecule has 5 aromatic rings. The number of amides is 1. The van der Waals surface area contributed by atoms with Gasteiger partial charge in [0.15, 0.2) is 4.80 Å². The fourth-order valence-corrected chi connectivity index (χ4v) is 6.18. The zero-order chi connectivity index (χ0) is 29.2. The first-order valence-corrected chi connectivity index (χ1v) is 15.0. The second kappa shape index (κ2) is 11.8. The third-order valence-electron chi connectivity index (χ3n) is 6.83. The van der Waals surface area contributed by atoms with E-state index in [1.165, 1.54) is 11.3 Å². The summed E-state index contributed by atoms with van der Waals surface area (Å²) in [5.74, 6) is 1.64. The lowest BCUT2D eigenvalue weighted by Gasteiger charge is -2.25. The Morgan fingerprint density at radius 3 is 2.50 bits per heavy atom. The highest BCUT2D eigenvalue weighted by atomic mass is 79.9. The fourth-order valence-electron chi connectivity index (χ4n) is 4.89. The van der Waals surface area contributed by atoms with Crippen LogP contribution < -0.4 is 24.9 Å². The molecule has 9 heteroatoms. The van der Waals surface area contributed by atoms with E-state index in [0.29, 0.717) is 50.2 Å². The van der Waals surface area contributed by atoms with Gasteiger partial charge in [-0.3, -0.25) is 14.2 Å². The highest BCUT2D eigenvalue weighted by Gasteiger charge is 2.32. The number of anilines is 1. The fraction of sp³-hybridized carbons (Fsp3) is 0.121. The van der Waals surface area contributed by atoms with Crippen molar-refractivity contribution in [2.24, 2.45) is 4.99 Å². The minimum atomic E-state index is -0.683. The molecular formula is C33H26BrN3O4S. The summed E-state index contributed by atoms with van der Waals surface area (Å²) in [5.41, 5.74) is 3.05. The third kappa shape index (κ3) is 5.53. The monoisotopic (exact) mass is 639 g/mol. The van der Waals surface area contributed by atoms with Crippen molar-refractivity contribution in [1.29, 1.82) is 0 Å². The van der Waals surface area contributed by atoms with Gasteiger partial charge in [0.2, 0.25) is 0 Å². The molecule has 3 heterocycles. The Morgan fingerprint density at radius 2 is 1.79 bits per heavy atom. The molecule has 210 valence electrons. The number of allylic oxidation sites excluding steroid dienone is 1. The number of rotatable bonds is 7. The van der Waals surface area contributed by atoms with Gasteiger partial charge in [0.1, 0.15) is 17.3 Å². The normalized spacial score (nSPS) is 14.8. The van der Waals surface area contributed by atoms with E-state index in [4.69, 9.17) is 14.1 Å². The molecule has 0 radical (unpaired) electrons. The quantitative estimate of drug-likeness (QED) is 0.227. The Bertz CT molecular complexity index is 1970. The molecule has 1 atom stereocenters. The van der Waals surface area contributed by atoms with Crippen LogP contribution in [0.5, 0.6) is 5.75 Å². The molecule has 0 aliphatic carbocycles. The van der Waals surface area contributed by atoms with Crippen LogP contribution in [-0.4, -0.2) is 17.1 Å². The van der Waals surface area contributed by atoms with Crippen molar-refractivity contribution in [2.75, 3.05) is 11.9 Å². The Labute approximate surface area is 254 Å². The van der Waals surface area contributed by atoms with Gasteiger partial charge in [0.05, 0.1) is 28.5 Å². The molecule has 0 saturated heterocycles. The second-order valence-electron chi connectivity index (χ2n) is 9.61. The van der Waals surface area contributed by atoms with E-state index >= 15 is 0 Å². The van der Waals surface area contributed by atoms with Crippen molar-refractivity contribution in [1.82, 2.24) is 4.57 Å². The van der Waals surface area contributed by atoms with E-state index < -0.39 is 6.04 Å². The lowest BCUT2D eigenvalue weighted by atomic mass is 9.95. The van der Waals surface area contributed by atoms with E-state index in [2.05, 4.69) is 21.2 Å². The van der Waals surface area contributed by atoms with Gasteiger partial charge in [-0.1, -0.05) is 69.7 Å². The van der Waals surface area contributed by atoms with Gasteiger partial charge in [-0.15, -0.1) is 0 Å². The zero-order valence-electron chi connectivity index (χ0n) is 22.8. The second-order valence-corrected chi connectivity index (χ2v) is 11.5. The van der Waals surface area contributed by atoms with Gasteiger partial charge in [-0.05, 0) is 67.9 Å². The van der Waals surface area contributed by atoms with E-state index in [1.807, 2.05) is 97.9 Å². The average molecular weight is 641 g/mol. The number of para-hydroxylation sites is 1. The molecule has 0 bridgehead atoms. The molecule has 0 spiro atoms. The Kier molecular flexibility index (Phi) is 7.78. The smallest absolute Gasteiger partial charge is 0.271 e. The van der Waals surface area contributed by atoms with Gasteiger partial charge in [0, 0.05) is 21.8 Å². The first kappa shape index (κ1) is 27.7. The van der Waals surface area contributed by atoms with Gasteiger partial charge in [-0.25, -0.2) is 4.99 Å². The van der Waals surface area contributed by atoms with Crippen LogP contribution >= 0.6 is 27.3 Å². The molecule has 6 rings (SSSR count). The summed E-state index contributed by atoms with van der Waals surface area (Å²) in [4.78, 5) is 32.9. The summed E-state index contributed by atoms with van der Waals surface area (Å²) in [6.45, 7) is 4.26. The molecule has 3 aromatic carbocycles. The number of furan rings is 1. The maximum Gasteiger partial charge on any atom is 0.271 e. The molecule has 42 heavy (non-hydrogen) atoms. The van der Waals surface area contributed by atoms with E-state index in [9.17, 15) is 9.59 Å². The minimum absolute atomic E-state index is 0.253. The van der Waals surface area contributed by atoms with E-state index in [0.717, 1.165) is 15.6 Å². The van der Waals surface area contributed by atoms with Crippen molar-refractivity contribution >= 4 is 44.9 Å². The van der Waals surface area contributed by atoms with E-state index in [1.54, 1.807) is 17.6 Å². The first-order valence-electron chi connectivity index (χ1n) is 13.4. The SMILES string of the molecule is CCOc1ccc([C@@H]2C(C(=O)Nc3ccccc3)=C(C)N=c3s/c(=C\c4ccc(-c5ccc(Br)cc5)o4)c(=O)n32)cc1. The number of carbonyl (C=O) groups excluding carboxylic acids is 1. The van der Waals surface area contributed by atoms with Crippen molar-refractivity contribution < 1.29 is 13.9 Å². The molecular weight excluding hydrogens is 614 g/mol. The maximum atomic E-state index is 14.0. The molecule has 2 aromatic heterocycles. The number of thiazole rings is 1. The molecule has 1 aliphatic heterocycles. The molecule has 1 aliphatic rings. The van der Waals surface area contributed by atoms with Crippen molar-refractivity contribution in [3.63, 3.8) is 0 Å². The van der Waals surface area contributed by atoms with Gasteiger partial charge in [-0.2, -0.15) is 0 Å². The van der Waals surface area contributed by atoms with Crippen LogP contribution in [0.1, 0.15) is 31.2 Å². The molecule has 0 fully saturated rings. The number of aromatic nitrogens is 1. The summed E-state index contributed by atoms with van der Waals surface area (Å²) in [5, 5.41) is 2.97. The highest BCUT2D eigenvalue weighted by molar-refractivity contribution is 9.10. The summed E-state index contributed by atoms with van der Waals surface area (Å²) >= 11 is 4.72. The van der Waals surface area contributed by atoms with Gasteiger partial charge < -0.3 is 14.5 Å². The maximum absolute atomic E-state index is 14.0. The number of nitrogens with zero attached hydrogens (tertiary/aromatic N) is 2. The molecule has 1 amide bonds. The summed E-state index contributed by atoms with van der Waals surface area (Å²) < 4.78 is 14.7. The number of benzene rings is 3. The van der Waals surface area contributed by atoms with Crippen molar-refractivity contribution in [3.05, 3.63) is 138 Å². The number of halogens is 1. The number of carbonyl (C=O) groups is 1. The largest absolute Gasteiger partial charge is 0.494 e. The summed E-state index contributed by atoms with van der Waals surface area (Å²) in [6.07, 6.45) is 1.73. The van der Waals surface area contributed by atoms with E-state index in [-0.39, 0.29) is 11.5 Å². The van der Waals surface area contributed by atoms with Crippen LogP contribution in [0.2, 0.25) is 0 Å². The number of ether oxygens (including phenoxy) is 1. The topological polar surface area (TPSA) is 85.8 Å². The van der Waals surface area contributed by atoms with Crippen LogP contribution in [0.4, 0.5) is 5.69 Å². The zero-order valence-corrected chi connectivity index (χ0v) is 25.2. The Morgan fingerprint density at radius 1 is 1.05 bits per heavy atom. The average Bonchev–Trinajstić information content (AvgIpc) is 3.58. The van der Waals surface area contributed by atoms with Crippen LogP contribution in [0, 0.1) is 0 Å². The minimum Gasteiger partial charge on any atom is -0.494 e. The molecule has 0 unspecified atom stereocenters. The number of hydrogen-bond acceptors (Lipinski definition) is 6. The lowest BCUT2D eigenvalue weighted by Crippen LogP contribution is -2.40. The molecule has 0 saturated carbocycles. The molecule has 7 nitrogen and oxygen atoms in total. The number of nitrogens with one attached hydrogen (secondary N) is 1. The van der Waals surface area contributed by atoms with Crippen LogP contribution in [0.25, 0.3) is 17.4 Å². The van der Waals surface area contributed by atoms with Crippen molar-refractivity contribution in [2.45, 2.75) is 19.9 Å². The Hall–Kier alpha value is -4.47. The van der Waals surface area contributed by atoms with Gasteiger partial charge >= 0.3 is 0 Å².